The zero-order chi connectivity index (χ0) is 21.0. The number of H-pyrrole nitrogens is 1. The van der Waals surface area contributed by atoms with Crippen LogP contribution in [0.1, 0.15) is 23.7 Å². The summed E-state index contributed by atoms with van der Waals surface area (Å²) in [6.45, 7) is 3.33. The summed E-state index contributed by atoms with van der Waals surface area (Å²) in [5.74, 6) is -1.92. The van der Waals surface area contributed by atoms with Crippen molar-refractivity contribution in [2.45, 2.75) is 30.7 Å². The molecular weight excluding hydrogens is 396 g/mol. The van der Waals surface area contributed by atoms with Gasteiger partial charge in [0.1, 0.15) is 11.6 Å². The van der Waals surface area contributed by atoms with E-state index >= 15 is 0 Å². The number of aromatic amines is 1. The van der Waals surface area contributed by atoms with E-state index in [9.17, 15) is 18.4 Å². The van der Waals surface area contributed by atoms with Gasteiger partial charge < -0.3 is 10.3 Å². The normalized spacial score (nSPS) is 11.9. The smallest absolute Gasteiger partial charge is 0.255 e. The van der Waals surface area contributed by atoms with Crippen molar-refractivity contribution in [2.75, 3.05) is 5.32 Å². The van der Waals surface area contributed by atoms with Crippen LogP contribution >= 0.6 is 11.8 Å². The predicted octanol–water partition coefficient (Wildman–Crippen LogP) is 4.07. The molecule has 1 unspecified atom stereocenters. The van der Waals surface area contributed by atoms with Crippen LogP contribution < -0.4 is 10.9 Å². The van der Waals surface area contributed by atoms with Crippen molar-refractivity contribution in [1.82, 2.24) is 9.97 Å². The second-order valence-electron chi connectivity index (χ2n) is 6.47. The van der Waals surface area contributed by atoms with E-state index in [0.29, 0.717) is 17.7 Å². The number of halogens is 2. The van der Waals surface area contributed by atoms with Crippen molar-refractivity contribution < 1.29 is 13.6 Å². The highest BCUT2D eigenvalue weighted by molar-refractivity contribution is 8.00. The summed E-state index contributed by atoms with van der Waals surface area (Å²) >= 11 is 1.03. The Kier molecular flexibility index (Phi) is 6.43. The lowest BCUT2D eigenvalue weighted by Crippen LogP contribution is -2.24. The molecule has 3 rings (SSSR count). The highest BCUT2D eigenvalue weighted by Crippen LogP contribution is 2.22. The van der Waals surface area contributed by atoms with E-state index in [1.807, 2.05) is 30.3 Å². The lowest BCUT2D eigenvalue weighted by Gasteiger charge is -2.13. The molecule has 0 aliphatic carbocycles. The Labute approximate surface area is 170 Å². The Bertz CT molecular complexity index is 1090. The molecular formula is C21H19F2N3O2S. The standard InChI is InChI=1S/C21H19F2N3O2S/c1-12-16(10-14-6-4-3-5-7-14)20(28)26-21(24-12)29-13(2)19(27)25-18-11-15(22)8-9-17(18)23/h3-9,11,13H,10H2,1-2H3,(H,25,27)(H,24,26,28). The van der Waals surface area contributed by atoms with Crippen molar-refractivity contribution in [3.8, 4) is 0 Å². The van der Waals surface area contributed by atoms with Gasteiger partial charge >= 0.3 is 0 Å². The third-order valence-corrected chi connectivity index (χ3v) is 5.25. The van der Waals surface area contributed by atoms with E-state index in [2.05, 4.69) is 15.3 Å². The van der Waals surface area contributed by atoms with E-state index in [0.717, 1.165) is 35.5 Å². The molecule has 150 valence electrons. The molecule has 5 nitrogen and oxygen atoms in total. The van der Waals surface area contributed by atoms with Crippen molar-refractivity contribution in [3.63, 3.8) is 0 Å². The number of benzene rings is 2. The fourth-order valence-corrected chi connectivity index (χ4v) is 3.54. The maximum absolute atomic E-state index is 13.7. The average molecular weight is 415 g/mol. The summed E-state index contributed by atoms with van der Waals surface area (Å²) in [6, 6.07) is 12.4. The highest BCUT2D eigenvalue weighted by Gasteiger charge is 2.19. The summed E-state index contributed by atoms with van der Waals surface area (Å²) in [5, 5.41) is 1.94. The third kappa shape index (κ3) is 5.29. The summed E-state index contributed by atoms with van der Waals surface area (Å²) in [4.78, 5) is 31.9. The summed E-state index contributed by atoms with van der Waals surface area (Å²) < 4.78 is 27.0. The van der Waals surface area contributed by atoms with Gasteiger partial charge in [0.05, 0.1) is 10.9 Å². The number of thioether (sulfide) groups is 1. The number of nitrogens with one attached hydrogen (secondary N) is 2. The van der Waals surface area contributed by atoms with Gasteiger partial charge in [0.15, 0.2) is 5.16 Å². The number of hydrogen-bond donors (Lipinski definition) is 2. The first-order chi connectivity index (χ1) is 13.8. The Morgan fingerprint density at radius 1 is 1.21 bits per heavy atom. The lowest BCUT2D eigenvalue weighted by atomic mass is 10.1. The number of rotatable bonds is 6. The van der Waals surface area contributed by atoms with Gasteiger partial charge in [-0.05, 0) is 31.5 Å². The molecule has 29 heavy (non-hydrogen) atoms. The number of aryl methyl sites for hydroxylation is 1. The molecule has 1 heterocycles. The van der Waals surface area contributed by atoms with Crippen LogP contribution in [0.2, 0.25) is 0 Å². The average Bonchev–Trinajstić information content (AvgIpc) is 2.68. The van der Waals surface area contributed by atoms with E-state index < -0.39 is 22.8 Å². The Balaban J connectivity index is 1.71. The number of carbonyl (C=O) groups excluding carboxylic acids is 1. The van der Waals surface area contributed by atoms with Crippen LogP contribution in [-0.2, 0) is 11.2 Å². The van der Waals surface area contributed by atoms with Crippen LogP contribution in [0.25, 0.3) is 0 Å². The first-order valence-electron chi connectivity index (χ1n) is 8.90. The molecule has 0 saturated carbocycles. The number of anilines is 1. The first-order valence-corrected chi connectivity index (χ1v) is 9.77. The summed E-state index contributed by atoms with van der Waals surface area (Å²) in [7, 11) is 0. The van der Waals surface area contributed by atoms with E-state index in [1.165, 1.54) is 0 Å². The van der Waals surface area contributed by atoms with Crippen LogP contribution in [0.3, 0.4) is 0 Å². The monoisotopic (exact) mass is 415 g/mol. The minimum Gasteiger partial charge on any atom is -0.323 e. The molecule has 1 atom stereocenters. The fraction of sp³-hybridized carbons (Fsp3) is 0.190. The van der Waals surface area contributed by atoms with Crippen molar-refractivity contribution in [3.05, 3.63) is 87.3 Å². The quantitative estimate of drug-likeness (QED) is 0.470. The summed E-state index contributed by atoms with van der Waals surface area (Å²) in [6.07, 6.45) is 0.453. The molecule has 2 aromatic carbocycles. The molecule has 0 saturated heterocycles. The molecule has 3 aromatic rings. The number of nitrogens with zero attached hydrogens (tertiary/aromatic N) is 1. The Morgan fingerprint density at radius 3 is 2.62 bits per heavy atom. The zero-order valence-corrected chi connectivity index (χ0v) is 16.6. The van der Waals surface area contributed by atoms with E-state index in [4.69, 9.17) is 0 Å². The molecule has 8 heteroatoms. The Hall–Kier alpha value is -3.00. The maximum Gasteiger partial charge on any atom is 0.255 e. The van der Waals surface area contributed by atoms with Crippen molar-refractivity contribution in [1.29, 1.82) is 0 Å². The minimum atomic E-state index is -0.732. The molecule has 0 aliphatic rings. The Morgan fingerprint density at radius 2 is 1.93 bits per heavy atom. The molecule has 0 spiro atoms. The largest absolute Gasteiger partial charge is 0.323 e. The van der Waals surface area contributed by atoms with Gasteiger partial charge in [0.25, 0.3) is 5.56 Å². The van der Waals surface area contributed by atoms with Crippen molar-refractivity contribution in [2.24, 2.45) is 0 Å². The number of hydrogen-bond acceptors (Lipinski definition) is 4. The van der Waals surface area contributed by atoms with Crippen LogP contribution in [0.15, 0.2) is 58.5 Å². The third-order valence-electron chi connectivity index (χ3n) is 4.27. The molecule has 0 aliphatic heterocycles. The first kappa shape index (κ1) is 20.7. The van der Waals surface area contributed by atoms with Gasteiger partial charge in [-0.15, -0.1) is 0 Å². The van der Waals surface area contributed by atoms with Crippen LogP contribution in [-0.4, -0.2) is 21.1 Å². The topological polar surface area (TPSA) is 74.8 Å². The molecule has 0 radical (unpaired) electrons. The van der Waals surface area contributed by atoms with Crippen LogP contribution in [0.4, 0.5) is 14.5 Å². The van der Waals surface area contributed by atoms with E-state index in [-0.39, 0.29) is 16.4 Å². The van der Waals surface area contributed by atoms with Gasteiger partial charge in [0, 0.05) is 23.7 Å². The fourth-order valence-electron chi connectivity index (χ4n) is 2.70. The molecule has 1 amide bonds. The zero-order valence-electron chi connectivity index (χ0n) is 15.8. The predicted molar refractivity (Wildman–Crippen MR) is 109 cm³/mol. The van der Waals surface area contributed by atoms with Gasteiger partial charge in [-0.3, -0.25) is 9.59 Å². The van der Waals surface area contributed by atoms with E-state index in [1.54, 1.807) is 13.8 Å². The molecule has 0 fully saturated rings. The lowest BCUT2D eigenvalue weighted by molar-refractivity contribution is -0.115. The number of aromatic nitrogens is 2. The number of amides is 1. The molecule has 2 N–H and O–H groups in total. The second kappa shape index (κ2) is 9.00. The van der Waals surface area contributed by atoms with Crippen LogP contribution in [0, 0.1) is 18.6 Å². The van der Waals surface area contributed by atoms with Gasteiger partial charge in [-0.1, -0.05) is 42.1 Å². The van der Waals surface area contributed by atoms with Gasteiger partial charge in [0.2, 0.25) is 5.91 Å². The molecule has 1 aromatic heterocycles. The maximum atomic E-state index is 13.7. The number of carbonyl (C=O) groups is 1. The SMILES string of the molecule is Cc1nc(SC(C)C(=O)Nc2cc(F)ccc2F)[nH]c(=O)c1Cc1ccccc1. The molecule has 0 bridgehead atoms. The van der Waals surface area contributed by atoms with Gasteiger partial charge in [-0.2, -0.15) is 0 Å². The van der Waals surface area contributed by atoms with Gasteiger partial charge in [-0.25, -0.2) is 13.8 Å². The van der Waals surface area contributed by atoms with Crippen LogP contribution in [0.5, 0.6) is 0 Å². The minimum absolute atomic E-state index is 0.238. The van der Waals surface area contributed by atoms with Crippen molar-refractivity contribution >= 4 is 23.4 Å². The summed E-state index contributed by atoms with van der Waals surface area (Å²) in [5.41, 5.74) is 1.61. The highest BCUT2D eigenvalue weighted by atomic mass is 32.2. The second-order valence-corrected chi connectivity index (χ2v) is 7.80.